The van der Waals surface area contributed by atoms with E-state index < -0.39 is 0 Å². The van der Waals surface area contributed by atoms with Gasteiger partial charge in [0.15, 0.2) is 0 Å². The van der Waals surface area contributed by atoms with Crippen LogP contribution in [-0.2, 0) is 4.74 Å². The molecule has 1 heterocycles. The normalized spacial score (nSPS) is 42.0. The molecule has 0 N–H and O–H groups in total. The van der Waals surface area contributed by atoms with Gasteiger partial charge in [0, 0.05) is 11.9 Å². The van der Waals surface area contributed by atoms with Gasteiger partial charge in [-0.2, -0.15) is 12.6 Å². The lowest BCUT2D eigenvalue weighted by atomic mass is 10.3. The highest BCUT2D eigenvalue weighted by Crippen LogP contribution is 2.17. The molecule has 2 atom stereocenters. The summed E-state index contributed by atoms with van der Waals surface area (Å²) in [7, 11) is 0. The van der Waals surface area contributed by atoms with Crippen LogP contribution >= 0.6 is 12.6 Å². The van der Waals surface area contributed by atoms with Crippen LogP contribution in [-0.4, -0.2) is 18.0 Å². The molecule has 0 aromatic heterocycles. The summed E-state index contributed by atoms with van der Waals surface area (Å²) in [5, 5.41) is 0.486. The van der Waals surface area contributed by atoms with E-state index in [9.17, 15) is 0 Å². The number of ether oxygens (including phenoxy) is 1. The highest BCUT2D eigenvalue weighted by Gasteiger charge is 2.19. The third-order valence-electron chi connectivity index (χ3n) is 1.34. The SMILES string of the molecule is C[C@@H]1OCC[C@H]1S. The lowest BCUT2D eigenvalue weighted by Gasteiger charge is -2.03. The minimum absolute atomic E-state index is 0.378. The lowest BCUT2D eigenvalue weighted by molar-refractivity contribution is 0.127. The predicted molar refractivity (Wildman–Crippen MR) is 32.8 cm³/mol. The second-order valence-electron chi connectivity index (χ2n) is 1.93. The molecular formula is C5H10OS. The summed E-state index contributed by atoms with van der Waals surface area (Å²) in [4.78, 5) is 0. The van der Waals surface area contributed by atoms with Gasteiger partial charge in [-0.3, -0.25) is 0 Å². The maximum Gasteiger partial charge on any atom is 0.0663 e. The third-order valence-corrected chi connectivity index (χ3v) is 2.01. The van der Waals surface area contributed by atoms with Crippen molar-refractivity contribution in [3.63, 3.8) is 0 Å². The summed E-state index contributed by atoms with van der Waals surface area (Å²) >= 11 is 4.26. The van der Waals surface area contributed by atoms with E-state index in [1.807, 2.05) is 0 Å². The van der Waals surface area contributed by atoms with E-state index >= 15 is 0 Å². The summed E-state index contributed by atoms with van der Waals surface area (Å²) in [5.74, 6) is 0. The molecule has 0 amide bonds. The highest BCUT2D eigenvalue weighted by atomic mass is 32.1. The Kier molecular flexibility index (Phi) is 1.60. The summed E-state index contributed by atoms with van der Waals surface area (Å²) in [5.41, 5.74) is 0. The molecular weight excluding hydrogens is 108 g/mol. The van der Waals surface area contributed by atoms with Gasteiger partial charge >= 0.3 is 0 Å². The van der Waals surface area contributed by atoms with Gasteiger partial charge in [0.1, 0.15) is 0 Å². The first-order chi connectivity index (χ1) is 3.30. The standard InChI is InChI=1S/C5H10OS/c1-4-5(7)2-3-6-4/h4-5,7H,2-3H2,1H3/t4-,5+/m0/s1. The molecule has 0 radical (unpaired) electrons. The van der Waals surface area contributed by atoms with E-state index in [4.69, 9.17) is 4.74 Å². The average Bonchev–Trinajstić information content (AvgIpc) is 1.91. The summed E-state index contributed by atoms with van der Waals surface area (Å²) < 4.78 is 5.19. The Morgan fingerprint density at radius 3 is 2.57 bits per heavy atom. The number of rotatable bonds is 0. The molecule has 0 aromatic carbocycles. The van der Waals surface area contributed by atoms with Crippen molar-refractivity contribution in [2.24, 2.45) is 0 Å². The Morgan fingerprint density at radius 1 is 1.71 bits per heavy atom. The average molecular weight is 118 g/mol. The van der Waals surface area contributed by atoms with Gasteiger partial charge in [0.2, 0.25) is 0 Å². The predicted octanol–water partition coefficient (Wildman–Crippen LogP) is 1.09. The highest BCUT2D eigenvalue weighted by molar-refractivity contribution is 7.81. The van der Waals surface area contributed by atoms with Crippen LogP contribution in [0.15, 0.2) is 0 Å². The zero-order chi connectivity index (χ0) is 5.28. The molecule has 0 aliphatic carbocycles. The van der Waals surface area contributed by atoms with Crippen LogP contribution in [0.2, 0.25) is 0 Å². The van der Waals surface area contributed by atoms with Crippen molar-refractivity contribution < 1.29 is 4.74 Å². The first-order valence-electron chi connectivity index (χ1n) is 2.60. The van der Waals surface area contributed by atoms with E-state index in [1.165, 1.54) is 0 Å². The summed E-state index contributed by atoms with van der Waals surface area (Å²) in [6.07, 6.45) is 1.49. The van der Waals surface area contributed by atoms with Crippen LogP contribution in [0.25, 0.3) is 0 Å². The van der Waals surface area contributed by atoms with Gasteiger partial charge in [0.05, 0.1) is 6.10 Å². The van der Waals surface area contributed by atoms with Gasteiger partial charge in [-0.15, -0.1) is 0 Å². The van der Waals surface area contributed by atoms with E-state index in [-0.39, 0.29) is 0 Å². The van der Waals surface area contributed by atoms with Crippen LogP contribution in [0.4, 0.5) is 0 Å². The molecule has 0 aromatic rings. The van der Waals surface area contributed by atoms with Gasteiger partial charge in [-0.25, -0.2) is 0 Å². The van der Waals surface area contributed by atoms with E-state index in [1.54, 1.807) is 0 Å². The van der Waals surface area contributed by atoms with Crippen molar-refractivity contribution in [3.8, 4) is 0 Å². The van der Waals surface area contributed by atoms with Gasteiger partial charge in [-0.1, -0.05) is 0 Å². The fourth-order valence-corrected chi connectivity index (χ4v) is 0.912. The van der Waals surface area contributed by atoms with Crippen LogP contribution < -0.4 is 0 Å². The van der Waals surface area contributed by atoms with Crippen LogP contribution in [0.5, 0.6) is 0 Å². The van der Waals surface area contributed by atoms with Gasteiger partial charge in [-0.05, 0) is 13.3 Å². The van der Waals surface area contributed by atoms with Crippen molar-refractivity contribution >= 4 is 12.6 Å². The fraction of sp³-hybridized carbons (Fsp3) is 1.00. The Hall–Kier alpha value is 0.310. The largest absolute Gasteiger partial charge is 0.377 e. The first-order valence-corrected chi connectivity index (χ1v) is 3.12. The Labute approximate surface area is 49.5 Å². The molecule has 1 rings (SSSR count). The van der Waals surface area contributed by atoms with Crippen molar-refractivity contribution in [2.75, 3.05) is 6.61 Å². The molecule has 1 fully saturated rings. The quantitative estimate of drug-likeness (QED) is 0.468. The van der Waals surface area contributed by atoms with Gasteiger partial charge in [0.25, 0.3) is 0 Å². The molecule has 0 unspecified atom stereocenters. The van der Waals surface area contributed by atoms with Crippen molar-refractivity contribution in [1.82, 2.24) is 0 Å². The Bertz CT molecular complexity index is 57.1. The fourth-order valence-electron chi connectivity index (χ4n) is 0.720. The van der Waals surface area contributed by atoms with E-state index in [2.05, 4.69) is 19.6 Å². The maximum atomic E-state index is 5.19. The van der Waals surface area contributed by atoms with Crippen LogP contribution in [0.3, 0.4) is 0 Å². The van der Waals surface area contributed by atoms with Crippen LogP contribution in [0, 0.1) is 0 Å². The Morgan fingerprint density at radius 2 is 2.43 bits per heavy atom. The number of hydrogen-bond acceptors (Lipinski definition) is 2. The van der Waals surface area contributed by atoms with Crippen molar-refractivity contribution in [1.29, 1.82) is 0 Å². The van der Waals surface area contributed by atoms with E-state index in [0.717, 1.165) is 13.0 Å². The smallest absolute Gasteiger partial charge is 0.0663 e. The minimum atomic E-state index is 0.378. The zero-order valence-electron chi connectivity index (χ0n) is 4.42. The third kappa shape index (κ3) is 1.10. The topological polar surface area (TPSA) is 9.23 Å². The minimum Gasteiger partial charge on any atom is -0.377 e. The molecule has 0 spiro atoms. The molecule has 2 heteroatoms. The molecule has 7 heavy (non-hydrogen) atoms. The molecule has 0 bridgehead atoms. The maximum absolute atomic E-state index is 5.19. The summed E-state index contributed by atoms with van der Waals surface area (Å²) in [6, 6.07) is 0. The monoisotopic (exact) mass is 118 g/mol. The van der Waals surface area contributed by atoms with Crippen molar-refractivity contribution in [2.45, 2.75) is 24.7 Å². The van der Waals surface area contributed by atoms with E-state index in [0.29, 0.717) is 11.4 Å². The lowest BCUT2D eigenvalue weighted by Crippen LogP contribution is -2.09. The zero-order valence-corrected chi connectivity index (χ0v) is 5.32. The molecule has 1 aliphatic rings. The number of thiol groups is 1. The first kappa shape index (κ1) is 5.45. The summed E-state index contributed by atoms with van der Waals surface area (Å²) in [6.45, 7) is 2.96. The molecule has 1 nitrogen and oxygen atoms in total. The van der Waals surface area contributed by atoms with Crippen LogP contribution in [0.1, 0.15) is 13.3 Å². The number of hydrogen-bond donors (Lipinski definition) is 1. The molecule has 1 aliphatic heterocycles. The Balaban J connectivity index is 2.33. The van der Waals surface area contributed by atoms with Crippen molar-refractivity contribution in [3.05, 3.63) is 0 Å². The molecule has 42 valence electrons. The second-order valence-corrected chi connectivity index (χ2v) is 2.60. The molecule has 1 saturated heterocycles. The molecule has 0 saturated carbocycles. The van der Waals surface area contributed by atoms with Gasteiger partial charge < -0.3 is 4.74 Å². The second kappa shape index (κ2) is 2.05.